The number of nitrogens with zero attached hydrogens (tertiary/aromatic N) is 1. The van der Waals surface area contributed by atoms with E-state index in [1.807, 2.05) is 24.3 Å². The van der Waals surface area contributed by atoms with Crippen LogP contribution in [0.15, 0.2) is 24.3 Å². The lowest BCUT2D eigenvalue weighted by molar-refractivity contribution is -0.132. The van der Waals surface area contributed by atoms with Crippen molar-refractivity contribution >= 4 is 11.6 Å². The number of ether oxygens (including phenoxy) is 1. The summed E-state index contributed by atoms with van der Waals surface area (Å²) in [7, 11) is 0. The van der Waals surface area contributed by atoms with Gasteiger partial charge in [-0.05, 0) is 24.7 Å². The first-order valence-electron chi connectivity index (χ1n) is 7.68. The SMILES string of the molecule is CCNCc1ccccc1NC(=O)C1CN(CC)CCO1. The molecule has 0 bridgehead atoms. The zero-order valence-electron chi connectivity index (χ0n) is 12.9. The van der Waals surface area contributed by atoms with Crippen LogP contribution in [0, 0.1) is 0 Å². The fourth-order valence-electron chi connectivity index (χ4n) is 2.42. The van der Waals surface area contributed by atoms with Crippen molar-refractivity contribution in [2.75, 3.05) is 38.1 Å². The van der Waals surface area contributed by atoms with Crippen LogP contribution in [-0.2, 0) is 16.1 Å². The summed E-state index contributed by atoms with van der Waals surface area (Å²) in [6.45, 7) is 8.95. The monoisotopic (exact) mass is 291 g/mol. The molecule has 1 saturated heterocycles. The Morgan fingerprint density at radius 2 is 2.19 bits per heavy atom. The fraction of sp³-hybridized carbons (Fsp3) is 0.562. The van der Waals surface area contributed by atoms with Gasteiger partial charge in [0.15, 0.2) is 0 Å². The first kappa shape index (κ1) is 15.9. The molecule has 1 aromatic carbocycles. The van der Waals surface area contributed by atoms with Crippen molar-refractivity contribution in [1.82, 2.24) is 10.2 Å². The normalized spacial score (nSPS) is 19.4. The largest absolute Gasteiger partial charge is 0.366 e. The molecule has 1 unspecified atom stereocenters. The molecule has 1 amide bonds. The Hall–Kier alpha value is -1.43. The van der Waals surface area contributed by atoms with E-state index in [-0.39, 0.29) is 12.0 Å². The van der Waals surface area contributed by atoms with Crippen molar-refractivity contribution in [2.45, 2.75) is 26.5 Å². The van der Waals surface area contributed by atoms with Gasteiger partial charge in [0.1, 0.15) is 6.10 Å². The Kier molecular flexibility index (Phi) is 6.17. The molecule has 116 valence electrons. The van der Waals surface area contributed by atoms with Crippen molar-refractivity contribution in [3.05, 3.63) is 29.8 Å². The lowest BCUT2D eigenvalue weighted by Gasteiger charge is -2.31. The molecule has 2 N–H and O–H groups in total. The number of hydrogen-bond donors (Lipinski definition) is 2. The number of likely N-dealkylation sites (N-methyl/N-ethyl adjacent to an activating group) is 1. The van der Waals surface area contributed by atoms with Gasteiger partial charge in [-0.1, -0.05) is 32.0 Å². The molecular formula is C16H25N3O2. The number of carbonyl (C=O) groups excluding carboxylic acids is 1. The maximum atomic E-state index is 12.4. The van der Waals surface area contributed by atoms with Gasteiger partial charge in [-0.15, -0.1) is 0 Å². The van der Waals surface area contributed by atoms with Crippen LogP contribution in [0.5, 0.6) is 0 Å². The first-order chi connectivity index (χ1) is 10.2. The van der Waals surface area contributed by atoms with Crippen molar-refractivity contribution in [3.8, 4) is 0 Å². The van der Waals surface area contributed by atoms with E-state index >= 15 is 0 Å². The number of para-hydroxylation sites is 1. The van der Waals surface area contributed by atoms with Gasteiger partial charge >= 0.3 is 0 Å². The third-order valence-electron chi connectivity index (χ3n) is 3.73. The van der Waals surface area contributed by atoms with Crippen LogP contribution < -0.4 is 10.6 Å². The highest BCUT2D eigenvalue weighted by Gasteiger charge is 2.26. The van der Waals surface area contributed by atoms with Crippen molar-refractivity contribution < 1.29 is 9.53 Å². The molecule has 2 rings (SSSR count). The average molecular weight is 291 g/mol. The molecular weight excluding hydrogens is 266 g/mol. The Labute approximate surface area is 126 Å². The second-order valence-corrected chi connectivity index (χ2v) is 5.18. The van der Waals surface area contributed by atoms with Crippen LogP contribution >= 0.6 is 0 Å². The minimum Gasteiger partial charge on any atom is -0.366 e. The topological polar surface area (TPSA) is 53.6 Å². The van der Waals surface area contributed by atoms with Gasteiger partial charge in [-0.3, -0.25) is 9.69 Å². The third kappa shape index (κ3) is 4.52. The molecule has 1 fully saturated rings. The molecule has 0 aliphatic carbocycles. The number of hydrogen-bond acceptors (Lipinski definition) is 4. The number of benzene rings is 1. The summed E-state index contributed by atoms with van der Waals surface area (Å²) in [4.78, 5) is 14.6. The number of morpholine rings is 1. The quantitative estimate of drug-likeness (QED) is 0.833. The molecule has 1 aliphatic rings. The zero-order valence-corrected chi connectivity index (χ0v) is 12.9. The predicted octanol–water partition coefficient (Wildman–Crippen LogP) is 1.46. The number of rotatable bonds is 6. The van der Waals surface area contributed by atoms with Gasteiger partial charge in [0.05, 0.1) is 6.61 Å². The van der Waals surface area contributed by atoms with Gasteiger partial charge in [0.2, 0.25) is 0 Å². The summed E-state index contributed by atoms with van der Waals surface area (Å²) in [6, 6.07) is 7.88. The molecule has 0 spiro atoms. The second kappa shape index (κ2) is 8.12. The molecule has 1 aliphatic heterocycles. The van der Waals surface area contributed by atoms with Crippen molar-refractivity contribution in [3.63, 3.8) is 0 Å². The summed E-state index contributed by atoms with van der Waals surface area (Å²) in [5.74, 6) is -0.0582. The Morgan fingerprint density at radius 3 is 2.95 bits per heavy atom. The molecule has 5 nitrogen and oxygen atoms in total. The molecule has 1 aromatic rings. The summed E-state index contributed by atoms with van der Waals surface area (Å²) >= 11 is 0. The second-order valence-electron chi connectivity index (χ2n) is 5.18. The van der Waals surface area contributed by atoms with Crippen LogP contribution in [0.25, 0.3) is 0 Å². The fourth-order valence-corrected chi connectivity index (χ4v) is 2.42. The van der Waals surface area contributed by atoms with E-state index in [0.29, 0.717) is 13.2 Å². The molecule has 1 atom stereocenters. The highest BCUT2D eigenvalue weighted by Crippen LogP contribution is 2.16. The van der Waals surface area contributed by atoms with Crippen LogP contribution in [0.1, 0.15) is 19.4 Å². The van der Waals surface area contributed by atoms with E-state index < -0.39 is 0 Å². The highest BCUT2D eigenvalue weighted by atomic mass is 16.5. The molecule has 0 saturated carbocycles. The maximum absolute atomic E-state index is 12.4. The lowest BCUT2D eigenvalue weighted by Crippen LogP contribution is -2.47. The van der Waals surface area contributed by atoms with Crippen LogP contribution in [0.3, 0.4) is 0 Å². The summed E-state index contributed by atoms with van der Waals surface area (Å²) < 4.78 is 5.60. The van der Waals surface area contributed by atoms with Gasteiger partial charge < -0.3 is 15.4 Å². The van der Waals surface area contributed by atoms with Crippen LogP contribution in [0.4, 0.5) is 5.69 Å². The zero-order chi connectivity index (χ0) is 15.1. The van der Waals surface area contributed by atoms with Crippen molar-refractivity contribution in [2.24, 2.45) is 0 Å². The van der Waals surface area contributed by atoms with E-state index in [2.05, 4.69) is 29.4 Å². The minimum atomic E-state index is -0.383. The van der Waals surface area contributed by atoms with Gasteiger partial charge in [-0.2, -0.15) is 0 Å². The smallest absolute Gasteiger partial charge is 0.254 e. The summed E-state index contributed by atoms with van der Waals surface area (Å²) in [5, 5.41) is 6.29. The number of anilines is 1. The standard InChI is InChI=1S/C16H25N3O2/c1-3-17-11-13-7-5-6-8-14(13)18-16(20)15-12-19(4-2)9-10-21-15/h5-8,15,17H,3-4,9-12H2,1-2H3,(H,18,20). The number of amides is 1. The molecule has 0 aromatic heterocycles. The van der Waals surface area contributed by atoms with Gasteiger partial charge in [0.25, 0.3) is 5.91 Å². The van der Waals surface area contributed by atoms with Crippen LogP contribution in [-0.4, -0.2) is 49.7 Å². The summed E-state index contributed by atoms with van der Waals surface area (Å²) in [5.41, 5.74) is 1.96. The van der Waals surface area contributed by atoms with E-state index in [1.54, 1.807) is 0 Å². The minimum absolute atomic E-state index is 0.0582. The third-order valence-corrected chi connectivity index (χ3v) is 3.73. The molecule has 21 heavy (non-hydrogen) atoms. The Morgan fingerprint density at radius 1 is 1.38 bits per heavy atom. The summed E-state index contributed by atoms with van der Waals surface area (Å²) in [6.07, 6.45) is -0.383. The highest BCUT2D eigenvalue weighted by molar-refractivity contribution is 5.95. The van der Waals surface area contributed by atoms with E-state index in [9.17, 15) is 4.79 Å². The predicted molar refractivity (Wildman–Crippen MR) is 84.3 cm³/mol. The molecule has 1 heterocycles. The lowest BCUT2D eigenvalue weighted by atomic mass is 10.1. The Bertz CT molecular complexity index is 465. The molecule has 0 radical (unpaired) electrons. The van der Waals surface area contributed by atoms with E-state index in [4.69, 9.17) is 4.74 Å². The maximum Gasteiger partial charge on any atom is 0.254 e. The number of carbonyl (C=O) groups is 1. The van der Waals surface area contributed by atoms with Crippen molar-refractivity contribution in [1.29, 1.82) is 0 Å². The average Bonchev–Trinajstić information content (AvgIpc) is 2.54. The van der Waals surface area contributed by atoms with Crippen LogP contribution in [0.2, 0.25) is 0 Å². The molecule has 5 heteroatoms. The van der Waals surface area contributed by atoms with E-state index in [0.717, 1.165) is 37.4 Å². The Balaban J connectivity index is 1.98. The van der Waals surface area contributed by atoms with E-state index in [1.165, 1.54) is 0 Å². The first-order valence-corrected chi connectivity index (χ1v) is 7.68. The number of nitrogens with one attached hydrogen (secondary N) is 2. The van der Waals surface area contributed by atoms with Gasteiger partial charge in [-0.25, -0.2) is 0 Å². The van der Waals surface area contributed by atoms with Gasteiger partial charge in [0, 0.05) is 25.3 Å².